The molecule has 55 valence electrons. The lowest BCUT2D eigenvalue weighted by atomic mass is 10.2. The first-order valence-electron chi connectivity index (χ1n) is 3.79. The first kappa shape index (κ1) is 7.32. The Balaban J connectivity index is 2.64. The van der Waals surface area contributed by atoms with Crippen molar-refractivity contribution in [3.8, 4) is 0 Å². The molecule has 1 heterocycles. The third kappa shape index (κ3) is 1.38. The molecule has 0 saturated carbocycles. The van der Waals surface area contributed by atoms with Crippen molar-refractivity contribution >= 4 is 0 Å². The molecule has 0 spiro atoms. The van der Waals surface area contributed by atoms with Gasteiger partial charge < -0.3 is 4.57 Å². The molecule has 10 heavy (non-hydrogen) atoms. The Morgan fingerprint density at radius 1 is 1.50 bits per heavy atom. The second kappa shape index (κ2) is 3.40. The summed E-state index contributed by atoms with van der Waals surface area (Å²) in [6.45, 7) is 4.37. The van der Waals surface area contributed by atoms with Crippen LogP contribution >= 0.6 is 0 Å². The van der Waals surface area contributed by atoms with Crippen molar-refractivity contribution in [2.24, 2.45) is 0 Å². The molecule has 0 saturated heterocycles. The first-order chi connectivity index (χ1) is 4.88. The molecule has 0 aliphatic heterocycles. The third-order valence-electron chi connectivity index (χ3n) is 1.81. The van der Waals surface area contributed by atoms with Crippen LogP contribution in [0.25, 0.3) is 0 Å². The average Bonchev–Trinajstić information content (AvgIpc) is 2.43. The van der Waals surface area contributed by atoms with Gasteiger partial charge in [0, 0.05) is 18.4 Å². The molecule has 1 rings (SSSR count). The molecule has 2 nitrogen and oxygen atoms in total. The summed E-state index contributed by atoms with van der Waals surface area (Å²) >= 11 is 0. The Labute approximate surface area is 61.9 Å². The van der Waals surface area contributed by atoms with Crippen molar-refractivity contribution in [3.05, 3.63) is 18.7 Å². The van der Waals surface area contributed by atoms with Crippen LogP contribution in [0.4, 0.5) is 0 Å². The van der Waals surface area contributed by atoms with E-state index in [-0.39, 0.29) is 0 Å². The molecule has 0 aliphatic rings. The summed E-state index contributed by atoms with van der Waals surface area (Å²) in [5, 5.41) is 0. The SMILES string of the molecule is CCC(CC)n1[c]ncc1. The summed E-state index contributed by atoms with van der Waals surface area (Å²) in [5.41, 5.74) is 0. The minimum atomic E-state index is 0.586. The Hall–Kier alpha value is -0.790. The van der Waals surface area contributed by atoms with E-state index in [9.17, 15) is 0 Å². The van der Waals surface area contributed by atoms with Crippen LogP contribution in [-0.4, -0.2) is 9.55 Å². The van der Waals surface area contributed by atoms with Crippen LogP contribution in [-0.2, 0) is 0 Å². The van der Waals surface area contributed by atoms with Gasteiger partial charge in [0.25, 0.3) is 0 Å². The van der Waals surface area contributed by atoms with E-state index in [0.29, 0.717) is 6.04 Å². The lowest BCUT2D eigenvalue weighted by molar-refractivity contribution is 0.468. The summed E-state index contributed by atoms with van der Waals surface area (Å²) in [6, 6.07) is 0.586. The summed E-state index contributed by atoms with van der Waals surface area (Å²) in [5.74, 6) is 0. The highest BCUT2D eigenvalue weighted by Gasteiger charge is 2.03. The molecule has 0 aliphatic carbocycles. The summed E-state index contributed by atoms with van der Waals surface area (Å²) in [7, 11) is 0. The van der Waals surface area contributed by atoms with Crippen molar-refractivity contribution < 1.29 is 0 Å². The molecule has 0 fully saturated rings. The summed E-state index contributed by atoms with van der Waals surface area (Å²) < 4.78 is 2.04. The Bertz CT molecular complexity index is 163. The summed E-state index contributed by atoms with van der Waals surface area (Å²) in [4.78, 5) is 3.88. The first-order valence-corrected chi connectivity index (χ1v) is 3.79. The number of hydrogen-bond donors (Lipinski definition) is 0. The van der Waals surface area contributed by atoms with Gasteiger partial charge in [-0.2, -0.15) is 0 Å². The van der Waals surface area contributed by atoms with Crippen LogP contribution in [0.5, 0.6) is 0 Å². The third-order valence-corrected chi connectivity index (χ3v) is 1.81. The largest absolute Gasteiger partial charge is 0.325 e. The van der Waals surface area contributed by atoms with E-state index >= 15 is 0 Å². The fourth-order valence-electron chi connectivity index (χ4n) is 1.12. The van der Waals surface area contributed by atoms with E-state index in [1.165, 1.54) is 0 Å². The second-order valence-corrected chi connectivity index (χ2v) is 2.40. The highest BCUT2D eigenvalue weighted by molar-refractivity contribution is 4.77. The maximum Gasteiger partial charge on any atom is 0.176 e. The zero-order valence-electron chi connectivity index (χ0n) is 6.54. The number of aromatic nitrogens is 2. The highest BCUT2D eigenvalue weighted by atomic mass is 15.0. The molecule has 1 aromatic heterocycles. The van der Waals surface area contributed by atoms with E-state index < -0.39 is 0 Å². The van der Waals surface area contributed by atoms with Gasteiger partial charge in [-0.05, 0) is 12.8 Å². The van der Waals surface area contributed by atoms with E-state index in [1.54, 1.807) is 6.20 Å². The normalized spacial score (nSPS) is 10.7. The van der Waals surface area contributed by atoms with Gasteiger partial charge in [0.2, 0.25) is 0 Å². The van der Waals surface area contributed by atoms with E-state index in [0.717, 1.165) is 12.8 Å². The molecule has 1 radical (unpaired) electrons. The van der Waals surface area contributed by atoms with Crippen LogP contribution < -0.4 is 0 Å². The zero-order chi connectivity index (χ0) is 7.40. The van der Waals surface area contributed by atoms with Gasteiger partial charge in [0.15, 0.2) is 6.33 Å². The second-order valence-electron chi connectivity index (χ2n) is 2.40. The molecule has 0 atom stereocenters. The monoisotopic (exact) mass is 137 g/mol. The van der Waals surface area contributed by atoms with Crippen molar-refractivity contribution in [2.45, 2.75) is 32.7 Å². The number of nitrogens with zero attached hydrogens (tertiary/aromatic N) is 2. The minimum absolute atomic E-state index is 0.586. The van der Waals surface area contributed by atoms with Gasteiger partial charge in [-0.1, -0.05) is 13.8 Å². The van der Waals surface area contributed by atoms with E-state index in [4.69, 9.17) is 0 Å². The topological polar surface area (TPSA) is 17.8 Å². The fourth-order valence-corrected chi connectivity index (χ4v) is 1.12. The van der Waals surface area contributed by atoms with Crippen molar-refractivity contribution in [2.75, 3.05) is 0 Å². The van der Waals surface area contributed by atoms with Gasteiger partial charge in [0.1, 0.15) is 0 Å². The average molecular weight is 137 g/mol. The van der Waals surface area contributed by atoms with Gasteiger partial charge in [-0.15, -0.1) is 0 Å². The summed E-state index contributed by atoms with van der Waals surface area (Å²) in [6.07, 6.45) is 8.96. The van der Waals surface area contributed by atoms with Gasteiger partial charge >= 0.3 is 0 Å². The molecule has 2 heteroatoms. The fraction of sp³-hybridized carbons (Fsp3) is 0.625. The highest BCUT2D eigenvalue weighted by Crippen LogP contribution is 2.13. The van der Waals surface area contributed by atoms with E-state index in [2.05, 4.69) is 25.2 Å². The lowest BCUT2D eigenvalue weighted by Crippen LogP contribution is -2.03. The predicted molar refractivity (Wildman–Crippen MR) is 40.7 cm³/mol. The molecule has 0 aromatic carbocycles. The standard InChI is InChI=1S/C8H13N2/c1-3-8(4-2)10-6-5-9-7-10/h5-6,8H,3-4H2,1-2H3. The smallest absolute Gasteiger partial charge is 0.176 e. The maximum atomic E-state index is 3.88. The number of rotatable bonds is 3. The molecule has 0 unspecified atom stereocenters. The molecular formula is C8H13N2. The van der Waals surface area contributed by atoms with Crippen LogP contribution in [0.3, 0.4) is 0 Å². The van der Waals surface area contributed by atoms with Gasteiger partial charge in [-0.25, -0.2) is 4.98 Å². The van der Waals surface area contributed by atoms with Crippen LogP contribution in [0.15, 0.2) is 12.4 Å². The minimum Gasteiger partial charge on any atom is -0.325 e. The molecule has 0 N–H and O–H groups in total. The quantitative estimate of drug-likeness (QED) is 0.623. The van der Waals surface area contributed by atoms with Gasteiger partial charge in [-0.3, -0.25) is 0 Å². The lowest BCUT2D eigenvalue weighted by Gasteiger charge is -2.11. The van der Waals surface area contributed by atoms with E-state index in [1.807, 2.05) is 10.8 Å². The molecular weight excluding hydrogens is 124 g/mol. The predicted octanol–water partition coefficient (Wildman–Crippen LogP) is 2.04. The zero-order valence-corrected chi connectivity index (χ0v) is 6.54. The van der Waals surface area contributed by atoms with Crippen LogP contribution in [0, 0.1) is 6.33 Å². The Morgan fingerprint density at radius 2 is 2.20 bits per heavy atom. The van der Waals surface area contributed by atoms with Crippen molar-refractivity contribution in [1.29, 1.82) is 0 Å². The maximum absolute atomic E-state index is 3.88. The molecule has 0 bridgehead atoms. The van der Waals surface area contributed by atoms with Crippen molar-refractivity contribution in [1.82, 2.24) is 9.55 Å². The van der Waals surface area contributed by atoms with Crippen LogP contribution in [0.1, 0.15) is 32.7 Å². The Kier molecular flexibility index (Phi) is 2.49. The Morgan fingerprint density at radius 3 is 2.60 bits per heavy atom. The van der Waals surface area contributed by atoms with Crippen LogP contribution in [0.2, 0.25) is 0 Å². The number of hydrogen-bond acceptors (Lipinski definition) is 1. The van der Waals surface area contributed by atoms with Gasteiger partial charge in [0.05, 0.1) is 0 Å². The number of imidazole rings is 1. The molecule has 1 aromatic rings. The molecule has 0 amide bonds. The van der Waals surface area contributed by atoms with Crippen molar-refractivity contribution in [3.63, 3.8) is 0 Å².